The number of aliphatic carboxylic acids is 1. The lowest BCUT2D eigenvalue weighted by Gasteiger charge is -2.41. The molecule has 118 valence electrons. The highest BCUT2D eigenvalue weighted by Crippen LogP contribution is 2.46. The van der Waals surface area contributed by atoms with E-state index >= 15 is 0 Å². The molecule has 2 amide bonds. The minimum absolute atomic E-state index is 0.0756. The molecule has 1 N–H and O–H groups in total. The molecule has 0 bridgehead atoms. The van der Waals surface area contributed by atoms with Gasteiger partial charge in [0.2, 0.25) is 0 Å². The van der Waals surface area contributed by atoms with Gasteiger partial charge in [0.15, 0.2) is 0 Å². The monoisotopic (exact) mass is 294 g/mol. The van der Waals surface area contributed by atoms with E-state index in [0.717, 1.165) is 45.3 Å². The van der Waals surface area contributed by atoms with E-state index in [-0.39, 0.29) is 18.5 Å². The summed E-state index contributed by atoms with van der Waals surface area (Å²) in [5, 5.41) is 8.97. The highest BCUT2D eigenvalue weighted by molar-refractivity contribution is 5.76. The first-order chi connectivity index (χ1) is 10.1. The Labute approximate surface area is 126 Å². The van der Waals surface area contributed by atoms with E-state index in [1.165, 1.54) is 25.7 Å². The van der Waals surface area contributed by atoms with Crippen LogP contribution in [0.1, 0.15) is 57.8 Å². The van der Waals surface area contributed by atoms with Gasteiger partial charge in [0.25, 0.3) is 0 Å². The molecule has 5 nitrogen and oxygen atoms in total. The Kier molecular flexibility index (Phi) is 4.09. The summed E-state index contributed by atoms with van der Waals surface area (Å²) in [5.41, 5.74) is 0.516. The van der Waals surface area contributed by atoms with Gasteiger partial charge in [-0.05, 0) is 43.9 Å². The lowest BCUT2D eigenvalue weighted by molar-refractivity contribution is -0.138. The van der Waals surface area contributed by atoms with Crippen molar-refractivity contribution in [2.45, 2.75) is 63.8 Å². The second-order valence-corrected chi connectivity index (χ2v) is 7.06. The van der Waals surface area contributed by atoms with Crippen LogP contribution in [0.3, 0.4) is 0 Å². The zero-order valence-electron chi connectivity index (χ0n) is 12.7. The van der Waals surface area contributed by atoms with Gasteiger partial charge >= 0.3 is 12.0 Å². The molecular weight excluding hydrogens is 268 g/mol. The van der Waals surface area contributed by atoms with Crippen LogP contribution in [-0.4, -0.2) is 52.6 Å². The molecule has 2 heterocycles. The predicted octanol–water partition coefficient (Wildman–Crippen LogP) is 2.70. The Balaban J connectivity index is 1.57. The Morgan fingerprint density at radius 3 is 2.29 bits per heavy atom. The van der Waals surface area contributed by atoms with Crippen LogP contribution in [0.5, 0.6) is 0 Å². The highest BCUT2D eigenvalue weighted by atomic mass is 16.4. The van der Waals surface area contributed by atoms with Crippen molar-refractivity contribution < 1.29 is 14.7 Å². The molecule has 1 spiro atoms. The number of carbonyl (C=O) groups is 2. The van der Waals surface area contributed by atoms with Crippen molar-refractivity contribution in [2.24, 2.45) is 5.41 Å². The van der Waals surface area contributed by atoms with Crippen LogP contribution in [0.15, 0.2) is 0 Å². The topological polar surface area (TPSA) is 60.9 Å². The molecule has 0 radical (unpaired) electrons. The SMILES string of the molecule is O=C(O)CC1CCCN1C(=O)N1CCC2(CCCC2)CC1. The fourth-order valence-electron chi connectivity index (χ4n) is 4.48. The van der Waals surface area contributed by atoms with E-state index in [9.17, 15) is 9.59 Å². The van der Waals surface area contributed by atoms with E-state index < -0.39 is 5.97 Å². The third-order valence-electron chi connectivity index (χ3n) is 5.79. The van der Waals surface area contributed by atoms with Crippen LogP contribution < -0.4 is 0 Å². The second-order valence-electron chi connectivity index (χ2n) is 7.06. The normalized spacial score (nSPS) is 28.3. The number of carboxylic acid groups (broad SMARTS) is 1. The number of carboxylic acids is 1. The molecular formula is C16H26N2O3. The van der Waals surface area contributed by atoms with Gasteiger partial charge in [-0.2, -0.15) is 0 Å². The fourth-order valence-corrected chi connectivity index (χ4v) is 4.48. The Morgan fingerprint density at radius 2 is 1.67 bits per heavy atom. The summed E-state index contributed by atoms with van der Waals surface area (Å²) in [6.07, 6.45) is 9.48. The van der Waals surface area contributed by atoms with Crippen LogP contribution >= 0.6 is 0 Å². The van der Waals surface area contributed by atoms with Crippen LogP contribution in [0.25, 0.3) is 0 Å². The molecule has 1 atom stereocenters. The predicted molar refractivity (Wildman–Crippen MR) is 79.1 cm³/mol. The average molecular weight is 294 g/mol. The van der Waals surface area contributed by atoms with Crippen molar-refractivity contribution >= 4 is 12.0 Å². The summed E-state index contributed by atoms with van der Waals surface area (Å²) in [4.78, 5) is 27.3. The summed E-state index contributed by atoms with van der Waals surface area (Å²) in [7, 11) is 0. The Hall–Kier alpha value is -1.26. The lowest BCUT2D eigenvalue weighted by atomic mass is 9.77. The quantitative estimate of drug-likeness (QED) is 0.852. The number of rotatable bonds is 2. The van der Waals surface area contributed by atoms with Gasteiger partial charge < -0.3 is 14.9 Å². The van der Waals surface area contributed by atoms with Crippen LogP contribution in [0.4, 0.5) is 4.79 Å². The zero-order chi connectivity index (χ0) is 14.9. The first-order valence-corrected chi connectivity index (χ1v) is 8.37. The van der Waals surface area contributed by atoms with E-state index in [2.05, 4.69) is 0 Å². The molecule has 2 aliphatic heterocycles. The molecule has 3 fully saturated rings. The van der Waals surface area contributed by atoms with Gasteiger partial charge in [0, 0.05) is 25.7 Å². The number of urea groups is 1. The number of amides is 2. The maximum atomic E-state index is 12.7. The molecule has 0 aromatic carbocycles. The summed E-state index contributed by atoms with van der Waals surface area (Å²) in [6.45, 7) is 2.43. The number of likely N-dealkylation sites (tertiary alicyclic amines) is 2. The van der Waals surface area contributed by atoms with Gasteiger partial charge in [-0.1, -0.05) is 12.8 Å². The van der Waals surface area contributed by atoms with Crippen molar-refractivity contribution in [3.63, 3.8) is 0 Å². The van der Waals surface area contributed by atoms with Gasteiger partial charge in [0.1, 0.15) is 0 Å². The van der Waals surface area contributed by atoms with Crippen molar-refractivity contribution in [3.8, 4) is 0 Å². The maximum Gasteiger partial charge on any atom is 0.320 e. The number of nitrogens with zero attached hydrogens (tertiary/aromatic N) is 2. The second kappa shape index (κ2) is 5.85. The first kappa shape index (κ1) is 14.7. The van der Waals surface area contributed by atoms with Gasteiger partial charge in [-0.3, -0.25) is 4.79 Å². The zero-order valence-corrected chi connectivity index (χ0v) is 12.7. The molecule has 21 heavy (non-hydrogen) atoms. The molecule has 1 saturated carbocycles. The fraction of sp³-hybridized carbons (Fsp3) is 0.875. The number of carbonyl (C=O) groups excluding carboxylic acids is 1. The minimum atomic E-state index is -0.803. The lowest BCUT2D eigenvalue weighted by Crippen LogP contribution is -2.50. The van der Waals surface area contributed by atoms with E-state index in [0.29, 0.717) is 5.41 Å². The van der Waals surface area contributed by atoms with E-state index in [1.54, 1.807) is 4.90 Å². The number of hydrogen-bond acceptors (Lipinski definition) is 2. The maximum absolute atomic E-state index is 12.7. The van der Waals surface area contributed by atoms with Crippen molar-refractivity contribution in [1.29, 1.82) is 0 Å². The molecule has 1 unspecified atom stereocenters. The smallest absolute Gasteiger partial charge is 0.320 e. The minimum Gasteiger partial charge on any atom is -0.481 e. The average Bonchev–Trinajstić information content (AvgIpc) is 3.08. The van der Waals surface area contributed by atoms with Crippen LogP contribution in [0.2, 0.25) is 0 Å². The Morgan fingerprint density at radius 1 is 1.00 bits per heavy atom. The number of hydrogen-bond donors (Lipinski definition) is 1. The van der Waals surface area contributed by atoms with Crippen molar-refractivity contribution in [2.75, 3.05) is 19.6 Å². The van der Waals surface area contributed by atoms with E-state index in [4.69, 9.17) is 5.11 Å². The molecule has 5 heteroatoms. The van der Waals surface area contributed by atoms with Crippen LogP contribution in [0, 0.1) is 5.41 Å². The standard InChI is InChI=1S/C16H26N2O3/c19-14(20)12-13-4-3-9-18(13)15(21)17-10-7-16(8-11-17)5-1-2-6-16/h13H,1-12H2,(H,19,20). The summed E-state index contributed by atoms with van der Waals surface area (Å²) < 4.78 is 0. The molecule has 2 saturated heterocycles. The Bertz CT molecular complexity index is 408. The first-order valence-electron chi connectivity index (χ1n) is 8.37. The molecule has 3 rings (SSSR count). The van der Waals surface area contributed by atoms with Gasteiger partial charge in [-0.25, -0.2) is 4.79 Å². The van der Waals surface area contributed by atoms with Crippen molar-refractivity contribution in [3.05, 3.63) is 0 Å². The van der Waals surface area contributed by atoms with Gasteiger partial charge in [-0.15, -0.1) is 0 Å². The summed E-state index contributed by atoms with van der Waals surface area (Å²) in [5.74, 6) is -0.803. The summed E-state index contributed by atoms with van der Waals surface area (Å²) >= 11 is 0. The third-order valence-corrected chi connectivity index (χ3v) is 5.79. The van der Waals surface area contributed by atoms with E-state index in [1.807, 2.05) is 4.90 Å². The third kappa shape index (κ3) is 3.01. The highest BCUT2D eigenvalue weighted by Gasteiger charge is 2.40. The number of piperidine rings is 1. The summed E-state index contributed by atoms with van der Waals surface area (Å²) in [6, 6.07) is -0.0241. The van der Waals surface area contributed by atoms with Crippen LogP contribution in [-0.2, 0) is 4.79 Å². The van der Waals surface area contributed by atoms with Gasteiger partial charge in [0.05, 0.1) is 6.42 Å². The molecule has 1 aliphatic carbocycles. The molecule has 0 aromatic rings. The largest absolute Gasteiger partial charge is 0.481 e. The molecule has 3 aliphatic rings. The van der Waals surface area contributed by atoms with Crippen molar-refractivity contribution in [1.82, 2.24) is 9.80 Å². The molecule has 0 aromatic heterocycles.